The highest BCUT2D eigenvalue weighted by atomic mass is 32.2. The summed E-state index contributed by atoms with van der Waals surface area (Å²) >= 11 is 1.62. The molecule has 0 saturated carbocycles. The minimum atomic E-state index is -0.334. The van der Waals surface area contributed by atoms with Crippen molar-refractivity contribution in [1.82, 2.24) is 0 Å². The molecule has 0 aliphatic rings. The van der Waals surface area contributed by atoms with E-state index in [2.05, 4.69) is 17.7 Å². The highest BCUT2D eigenvalue weighted by Crippen LogP contribution is 2.31. The van der Waals surface area contributed by atoms with Crippen molar-refractivity contribution in [3.05, 3.63) is 59.2 Å². The number of hydrogen-bond donors (Lipinski definition) is 0. The molecule has 0 atom stereocenters. The Morgan fingerprint density at radius 1 is 1.24 bits per heavy atom. The first-order chi connectivity index (χ1) is 10.2. The third-order valence-corrected chi connectivity index (χ3v) is 4.20. The summed E-state index contributed by atoms with van der Waals surface area (Å²) in [6.45, 7) is 2.07. The Balaban J connectivity index is 2.22. The second-order valence-corrected chi connectivity index (χ2v) is 5.52. The zero-order chi connectivity index (χ0) is 15.2. The van der Waals surface area contributed by atoms with Crippen LogP contribution in [0.4, 0.5) is 0 Å². The Hall–Kier alpha value is -2.25. The maximum atomic E-state index is 11.4. The molecular formula is C17H15NO2S. The summed E-state index contributed by atoms with van der Waals surface area (Å²) < 4.78 is 4.68. The lowest BCUT2D eigenvalue weighted by Crippen LogP contribution is -2.00. The van der Waals surface area contributed by atoms with Gasteiger partial charge in [0, 0.05) is 9.79 Å². The third-order valence-electron chi connectivity index (χ3n) is 3.07. The Labute approximate surface area is 128 Å². The van der Waals surface area contributed by atoms with Crippen molar-refractivity contribution in [3.8, 4) is 6.07 Å². The fourth-order valence-electron chi connectivity index (χ4n) is 1.93. The number of methoxy groups -OCH3 is 1. The van der Waals surface area contributed by atoms with Gasteiger partial charge in [0.25, 0.3) is 0 Å². The van der Waals surface area contributed by atoms with Crippen LogP contribution in [0.2, 0.25) is 0 Å². The first-order valence-corrected chi connectivity index (χ1v) is 7.38. The molecule has 0 amide bonds. The van der Waals surface area contributed by atoms with Crippen molar-refractivity contribution in [3.63, 3.8) is 0 Å². The molecule has 4 heteroatoms. The molecule has 21 heavy (non-hydrogen) atoms. The Morgan fingerprint density at radius 3 is 2.52 bits per heavy atom. The number of rotatable bonds is 4. The predicted molar refractivity (Wildman–Crippen MR) is 82.4 cm³/mol. The standard InChI is InChI=1S/C17H15NO2S/c1-3-13-10-12(11-18)4-9-16(13)21-15-7-5-14(6-8-15)17(19)20-2/h4-10H,3H2,1-2H3. The number of aryl methyl sites for hydroxylation is 1. The second kappa shape index (κ2) is 6.96. The lowest BCUT2D eigenvalue weighted by atomic mass is 10.1. The second-order valence-electron chi connectivity index (χ2n) is 4.41. The lowest BCUT2D eigenvalue weighted by Gasteiger charge is -2.08. The van der Waals surface area contributed by atoms with Gasteiger partial charge in [-0.15, -0.1) is 0 Å². The van der Waals surface area contributed by atoms with E-state index in [1.54, 1.807) is 23.9 Å². The van der Waals surface area contributed by atoms with Crippen molar-refractivity contribution in [2.24, 2.45) is 0 Å². The smallest absolute Gasteiger partial charge is 0.337 e. The van der Waals surface area contributed by atoms with Gasteiger partial charge in [0.1, 0.15) is 0 Å². The van der Waals surface area contributed by atoms with Crippen molar-refractivity contribution >= 4 is 17.7 Å². The first-order valence-electron chi connectivity index (χ1n) is 6.57. The van der Waals surface area contributed by atoms with E-state index in [1.807, 2.05) is 30.3 Å². The molecule has 0 aliphatic heterocycles. The van der Waals surface area contributed by atoms with E-state index >= 15 is 0 Å². The van der Waals surface area contributed by atoms with Gasteiger partial charge in [0.2, 0.25) is 0 Å². The molecule has 106 valence electrons. The third kappa shape index (κ3) is 3.65. The molecule has 0 radical (unpaired) electrons. The van der Waals surface area contributed by atoms with Gasteiger partial charge in [-0.05, 0) is 54.4 Å². The monoisotopic (exact) mass is 297 g/mol. The fraction of sp³-hybridized carbons (Fsp3) is 0.176. The highest BCUT2D eigenvalue weighted by molar-refractivity contribution is 7.99. The van der Waals surface area contributed by atoms with Crippen LogP contribution in [0.3, 0.4) is 0 Å². The Morgan fingerprint density at radius 2 is 1.95 bits per heavy atom. The summed E-state index contributed by atoms with van der Waals surface area (Å²) in [5.41, 5.74) is 2.37. The highest BCUT2D eigenvalue weighted by Gasteiger charge is 2.07. The van der Waals surface area contributed by atoms with E-state index in [9.17, 15) is 4.79 Å². The van der Waals surface area contributed by atoms with Crippen molar-refractivity contribution < 1.29 is 9.53 Å². The minimum absolute atomic E-state index is 0.334. The van der Waals surface area contributed by atoms with E-state index in [0.29, 0.717) is 11.1 Å². The molecule has 0 N–H and O–H groups in total. The Kier molecular flexibility index (Phi) is 5.02. The molecule has 0 spiro atoms. The molecule has 2 rings (SSSR count). The maximum Gasteiger partial charge on any atom is 0.337 e. The largest absolute Gasteiger partial charge is 0.465 e. The van der Waals surface area contributed by atoms with Gasteiger partial charge in [-0.25, -0.2) is 4.79 Å². The van der Waals surface area contributed by atoms with E-state index in [1.165, 1.54) is 7.11 Å². The summed E-state index contributed by atoms with van der Waals surface area (Å²) in [5, 5.41) is 8.94. The number of carbonyl (C=O) groups is 1. The van der Waals surface area contributed by atoms with E-state index in [-0.39, 0.29) is 5.97 Å². The molecule has 0 aliphatic carbocycles. The van der Waals surface area contributed by atoms with Crippen LogP contribution in [0, 0.1) is 11.3 Å². The summed E-state index contributed by atoms with van der Waals surface area (Å²) in [7, 11) is 1.37. The summed E-state index contributed by atoms with van der Waals surface area (Å²) in [6.07, 6.45) is 0.873. The molecule has 2 aromatic carbocycles. The lowest BCUT2D eigenvalue weighted by molar-refractivity contribution is 0.0600. The van der Waals surface area contributed by atoms with E-state index in [0.717, 1.165) is 21.8 Å². The molecule has 0 fully saturated rings. The number of benzene rings is 2. The molecule has 0 aromatic heterocycles. The number of nitrogens with zero attached hydrogens (tertiary/aromatic N) is 1. The number of ether oxygens (including phenoxy) is 1. The van der Waals surface area contributed by atoms with Gasteiger partial charge in [-0.3, -0.25) is 0 Å². The fourth-order valence-corrected chi connectivity index (χ4v) is 2.93. The number of carbonyl (C=O) groups excluding carboxylic acids is 1. The van der Waals surface area contributed by atoms with Gasteiger partial charge < -0.3 is 4.74 Å². The summed E-state index contributed by atoms with van der Waals surface area (Å²) in [6, 6.07) is 15.2. The average molecular weight is 297 g/mol. The predicted octanol–water partition coefficient (Wildman–Crippen LogP) is 4.06. The van der Waals surface area contributed by atoms with Crippen LogP contribution < -0.4 is 0 Å². The van der Waals surface area contributed by atoms with Gasteiger partial charge in [-0.2, -0.15) is 5.26 Å². The topological polar surface area (TPSA) is 50.1 Å². The van der Waals surface area contributed by atoms with Gasteiger partial charge in [0.15, 0.2) is 0 Å². The van der Waals surface area contributed by atoms with Crippen molar-refractivity contribution in [2.75, 3.05) is 7.11 Å². The van der Waals surface area contributed by atoms with E-state index < -0.39 is 0 Å². The number of nitriles is 1. The zero-order valence-corrected chi connectivity index (χ0v) is 12.7. The van der Waals surface area contributed by atoms with Gasteiger partial charge in [-0.1, -0.05) is 18.7 Å². The number of hydrogen-bond acceptors (Lipinski definition) is 4. The summed E-state index contributed by atoms with van der Waals surface area (Å²) in [4.78, 5) is 13.6. The van der Waals surface area contributed by atoms with Crippen LogP contribution in [-0.4, -0.2) is 13.1 Å². The SMILES string of the molecule is CCc1cc(C#N)ccc1Sc1ccc(C(=O)OC)cc1. The molecule has 0 unspecified atom stereocenters. The molecule has 0 saturated heterocycles. The quantitative estimate of drug-likeness (QED) is 0.799. The molecule has 0 heterocycles. The van der Waals surface area contributed by atoms with Crippen molar-refractivity contribution in [2.45, 2.75) is 23.1 Å². The molecular weight excluding hydrogens is 282 g/mol. The molecule has 2 aromatic rings. The van der Waals surface area contributed by atoms with Crippen LogP contribution in [0.5, 0.6) is 0 Å². The van der Waals surface area contributed by atoms with Crippen LogP contribution in [0.25, 0.3) is 0 Å². The zero-order valence-electron chi connectivity index (χ0n) is 11.9. The maximum absolute atomic E-state index is 11.4. The van der Waals surface area contributed by atoms with Crippen molar-refractivity contribution in [1.29, 1.82) is 5.26 Å². The van der Waals surface area contributed by atoms with Crippen LogP contribution >= 0.6 is 11.8 Å². The summed E-state index contributed by atoms with van der Waals surface area (Å²) in [5.74, 6) is -0.334. The normalized spacial score (nSPS) is 9.95. The Bertz CT molecular complexity index is 687. The van der Waals surface area contributed by atoms with Crippen LogP contribution in [-0.2, 0) is 11.2 Å². The number of esters is 1. The molecule has 0 bridgehead atoms. The molecule has 3 nitrogen and oxygen atoms in total. The van der Waals surface area contributed by atoms with E-state index in [4.69, 9.17) is 5.26 Å². The van der Waals surface area contributed by atoms with Crippen LogP contribution in [0.15, 0.2) is 52.3 Å². The average Bonchev–Trinajstić information content (AvgIpc) is 2.55. The minimum Gasteiger partial charge on any atom is -0.465 e. The van der Waals surface area contributed by atoms with Gasteiger partial charge >= 0.3 is 5.97 Å². The van der Waals surface area contributed by atoms with Crippen LogP contribution in [0.1, 0.15) is 28.4 Å². The van der Waals surface area contributed by atoms with Gasteiger partial charge in [0.05, 0.1) is 24.3 Å². The first kappa shape index (κ1) is 15.1.